The Morgan fingerprint density at radius 1 is 1.10 bits per heavy atom. The van der Waals surface area contributed by atoms with Crippen LogP contribution in [0.25, 0.3) is 5.69 Å². The van der Waals surface area contributed by atoms with E-state index < -0.39 is 0 Å². The van der Waals surface area contributed by atoms with Gasteiger partial charge in [-0.1, -0.05) is 0 Å². The van der Waals surface area contributed by atoms with Crippen LogP contribution in [0.5, 0.6) is 0 Å². The van der Waals surface area contributed by atoms with Crippen molar-refractivity contribution in [3.05, 3.63) is 48.8 Å². The van der Waals surface area contributed by atoms with E-state index in [2.05, 4.69) is 10.1 Å². The van der Waals surface area contributed by atoms with Crippen LogP contribution in [0.15, 0.2) is 48.8 Å². The molecular formula is C15H16N2O3. The standard InChI is InChI=1S/C15H16N2O3/c1-20-15(19)9-8-14(18)16-12-4-6-13(7-5-12)17-10-2-3-11-17/h2-7,10-11H,8-9H2,1H3,(H,16,18). The molecule has 0 saturated carbocycles. The van der Waals surface area contributed by atoms with Gasteiger partial charge in [0.2, 0.25) is 5.91 Å². The Balaban J connectivity index is 1.90. The summed E-state index contributed by atoms with van der Waals surface area (Å²) in [4.78, 5) is 22.6. The lowest BCUT2D eigenvalue weighted by Crippen LogP contribution is -2.13. The molecule has 0 bridgehead atoms. The number of anilines is 1. The number of hydrogen-bond acceptors (Lipinski definition) is 3. The quantitative estimate of drug-likeness (QED) is 0.850. The zero-order valence-electron chi connectivity index (χ0n) is 11.2. The molecule has 0 aliphatic heterocycles. The highest BCUT2D eigenvalue weighted by Gasteiger charge is 2.07. The van der Waals surface area contributed by atoms with E-state index in [1.165, 1.54) is 7.11 Å². The van der Waals surface area contributed by atoms with Crippen molar-refractivity contribution in [2.24, 2.45) is 0 Å². The van der Waals surface area contributed by atoms with Crippen LogP contribution in [0.1, 0.15) is 12.8 Å². The molecule has 1 amide bonds. The number of esters is 1. The largest absolute Gasteiger partial charge is 0.469 e. The van der Waals surface area contributed by atoms with Crippen molar-refractivity contribution in [2.75, 3.05) is 12.4 Å². The average molecular weight is 272 g/mol. The van der Waals surface area contributed by atoms with Gasteiger partial charge in [-0.05, 0) is 36.4 Å². The minimum atomic E-state index is -0.386. The Labute approximate surface area is 117 Å². The van der Waals surface area contributed by atoms with E-state index in [9.17, 15) is 9.59 Å². The number of benzene rings is 1. The zero-order valence-corrected chi connectivity index (χ0v) is 11.2. The number of carbonyl (C=O) groups excluding carboxylic acids is 2. The van der Waals surface area contributed by atoms with Gasteiger partial charge in [0, 0.05) is 30.2 Å². The number of aromatic nitrogens is 1. The van der Waals surface area contributed by atoms with Crippen molar-refractivity contribution < 1.29 is 14.3 Å². The fraction of sp³-hybridized carbons (Fsp3) is 0.200. The molecule has 104 valence electrons. The molecule has 0 atom stereocenters. The summed E-state index contributed by atoms with van der Waals surface area (Å²) in [7, 11) is 1.31. The maximum Gasteiger partial charge on any atom is 0.306 e. The Morgan fingerprint density at radius 2 is 1.75 bits per heavy atom. The van der Waals surface area contributed by atoms with Crippen LogP contribution in [0.3, 0.4) is 0 Å². The van der Waals surface area contributed by atoms with E-state index in [1.54, 1.807) is 0 Å². The fourth-order valence-corrected chi connectivity index (χ4v) is 1.76. The number of hydrogen-bond donors (Lipinski definition) is 1. The van der Waals surface area contributed by atoms with E-state index in [0.717, 1.165) is 5.69 Å². The SMILES string of the molecule is COC(=O)CCC(=O)Nc1ccc(-n2cccc2)cc1. The van der Waals surface area contributed by atoms with Crippen LogP contribution in [-0.2, 0) is 14.3 Å². The molecule has 1 heterocycles. The number of methoxy groups -OCH3 is 1. The lowest BCUT2D eigenvalue weighted by molar-refractivity contribution is -0.141. The Hall–Kier alpha value is -2.56. The summed E-state index contributed by atoms with van der Waals surface area (Å²) in [5.41, 5.74) is 1.72. The van der Waals surface area contributed by atoms with Crippen molar-refractivity contribution in [3.8, 4) is 5.69 Å². The molecule has 5 nitrogen and oxygen atoms in total. The van der Waals surface area contributed by atoms with Gasteiger partial charge < -0.3 is 14.6 Å². The van der Waals surface area contributed by atoms with Crippen LogP contribution < -0.4 is 5.32 Å². The normalized spacial score (nSPS) is 10.1. The number of carbonyl (C=O) groups is 2. The number of nitrogens with zero attached hydrogens (tertiary/aromatic N) is 1. The maximum atomic E-state index is 11.6. The molecule has 1 aromatic carbocycles. The first-order valence-electron chi connectivity index (χ1n) is 6.29. The smallest absolute Gasteiger partial charge is 0.306 e. The number of amides is 1. The van der Waals surface area contributed by atoms with Gasteiger partial charge in [-0.3, -0.25) is 9.59 Å². The number of rotatable bonds is 5. The summed E-state index contributed by atoms with van der Waals surface area (Å²) in [6.45, 7) is 0. The van der Waals surface area contributed by atoms with Gasteiger partial charge in [0.1, 0.15) is 0 Å². The van der Waals surface area contributed by atoms with Crippen LogP contribution in [0.4, 0.5) is 5.69 Å². The lowest BCUT2D eigenvalue weighted by atomic mass is 10.2. The molecule has 2 rings (SSSR count). The topological polar surface area (TPSA) is 60.3 Å². The van der Waals surface area contributed by atoms with Crippen LogP contribution in [0, 0.1) is 0 Å². The third-order valence-corrected chi connectivity index (χ3v) is 2.84. The minimum absolute atomic E-state index is 0.0871. The molecule has 2 aromatic rings. The molecule has 1 N–H and O–H groups in total. The summed E-state index contributed by atoms with van der Waals surface area (Å²) in [5.74, 6) is -0.591. The van der Waals surface area contributed by atoms with E-state index in [4.69, 9.17) is 0 Å². The first kappa shape index (κ1) is 13.9. The zero-order chi connectivity index (χ0) is 14.4. The molecule has 0 radical (unpaired) electrons. The van der Waals surface area contributed by atoms with Crippen LogP contribution >= 0.6 is 0 Å². The molecule has 5 heteroatoms. The van der Waals surface area contributed by atoms with Crippen molar-refractivity contribution in [1.82, 2.24) is 4.57 Å². The molecule has 0 aliphatic carbocycles. The van der Waals surface area contributed by atoms with Crippen molar-refractivity contribution >= 4 is 17.6 Å². The summed E-state index contributed by atoms with van der Waals surface area (Å²) in [6.07, 6.45) is 4.10. The van der Waals surface area contributed by atoms with Gasteiger partial charge in [-0.15, -0.1) is 0 Å². The van der Waals surface area contributed by atoms with Gasteiger partial charge in [0.15, 0.2) is 0 Å². The van der Waals surface area contributed by atoms with Crippen molar-refractivity contribution in [1.29, 1.82) is 0 Å². The second kappa shape index (κ2) is 6.56. The van der Waals surface area contributed by atoms with Crippen LogP contribution in [-0.4, -0.2) is 23.6 Å². The highest BCUT2D eigenvalue weighted by Crippen LogP contribution is 2.13. The van der Waals surface area contributed by atoms with E-state index in [0.29, 0.717) is 5.69 Å². The van der Waals surface area contributed by atoms with Gasteiger partial charge >= 0.3 is 5.97 Å². The Bertz CT molecular complexity index is 574. The van der Waals surface area contributed by atoms with Crippen LogP contribution in [0.2, 0.25) is 0 Å². The molecule has 1 aromatic heterocycles. The molecule has 0 unspecified atom stereocenters. The molecule has 0 aliphatic rings. The first-order chi connectivity index (χ1) is 9.69. The van der Waals surface area contributed by atoms with Gasteiger partial charge in [0.05, 0.1) is 13.5 Å². The third kappa shape index (κ3) is 3.71. The Kier molecular flexibility index (Phi) is 4.55. The van der Waals surface area contributed by atoms with Crippen molar-refractivity contribution in [3.63, 3.8) is 0 Å². The third-order valence-electron chi connectivity index (χ3n) is 2.84. The maximum absolute atomic E-state index is 11.6. The van der Waals surface area contributed by atoms with E-state index in [1.807, 2.05) is 53.4 Å². The number of ether oxygens (including phenoxy) is 1. The van der Waals surface area contributed by atoms with E-state index in [-0.39, 0.29) is 24.7 Å². The molecule has 0 saturated heterocycles. The summed E-state index contributed by atoms with van der Waals surface area (Å²) in [6, 6.07) is 11.4. The molecule has 0 fully saturated rings. The monoisotopic (exact) mass is 272 g/mol. The van der Waals surface area contributed by atoms with E-state index >= 15 is 0 Å². The lowest BCUT2D eigenvalue weighted by Gasteiger charge is -2.07. The Morgan fingerprint density at radius 3 is 2.35 bits per heavy atom. The van der Waals surface area contributed by atoms with Gasteiger partial charge in [-0.25, -0.2) is 0 Å². The molecule has 20 heavy (non-hydrogen) atoms. The minimum Gasteiger partial charge on any atom is -0.469 e. The predicted molar refractivity (Wildman–Crippen MR) is 75.6 cm³/mol. The highest BCUT2D eigenvalue weighted by molar-refractivity contribution is 5.92. The first-order valence-corrected chi connectivity index (χ1v) is 6.29. The predicted octanol–water partition coefficient (Wildman–Crippen LogP) is 2.37. The van der Waals surface area contributed by atoms with Gasteiger partial charge in [0.25, 0.3) is 0 Å². The number of nitrogens with one attached hydrogen (secondary N) is 1. The van der Waals surface area contributed by atoms with Gasteiger partial charge in [-0.2, -0.15) is 0 Å². The molecule has 0 spiro atoms. The average Bonchev–Trinajstić information content (AvgIpc) is 2.99. The highest BCUT2D eigenvalue weighted by atomic mass is 16.5. The second-order valence-corrected chi connectivity index (χ2v) is 4.26. The fourth-order valence-electron chi connectivity index (χ4n) is 1.76. The molecular weight excluding hydrogens is 256 g/mol. The summed E-state index contributed by atoms with van der Waals surface area (Å²) < 4.78 is 6.46. The summed E-state index contributed by atoms with van der Waals surface area (Å²) >= 11 is 0. The second-order valence-electron chi connectivity index (χ2n) is 4.26. The summed E-state index contributed by atoms with van der Waals surface area (Å²) in [5, 5.41) is 2.74. The van der Waals surface area contributed by atoms with Crippen molar-refractivity contribution in [2.45, 2.75) is 12.8 Å².